The summed E-state index contributed by atoms with van der Waals surface area (Å²) < 4.78 is 1.75. The van der Waals surface area contributed by atoms with Crippen LogP contribution < -0.4 is 0 Å². The normalized spacial score (nSPS) is 16.2. The van der Waals surface area contributed by atoms with Crippen molar-refractivity contribution in [1.29, 1.82) is 0 Å². The number of carbonyl (C=O) groups is 1. The molecule has 112 valence electrons. The Balaban J connectivity index is 1.95. The fourth-order valence-electron chi connectivity index (χ4n) is 2.86. The van der Waals surface area contributed by atoms with Gasteiger partial charge in [-0.25, -0.2) is 0 Å². The number of ketones is 1. The minimum absolute atomic E-state index is 0.137. The molecule has 0 bridgehead atoms. The van der Waals surface area contributed by atoms with Crippen molar-refractivity contribution in [3.05, 3.63) is 16.9 Å². The van der Waals surface area contributed by atoms with Crippen molar-refractivity contribution < 1.29 is 4.79 Å². The van der Waals surface area contributed by atoms with E-state index in [1.807, 2.05) is 14.1 Å². The molecule has 0 amide bonds. The van der Waals surface area contributed by atoms with Gasteiger partial charge in [0.2, 0.25) is 0 Å². The number of nitrogens with zero attached hydrogens (tertiary/aromatic N) is 3. The smallest absolute Gasteiger partial charge is 0.182 e. The first kappa shape index (κ1) is 15.5. The van der Waals surface area contributed by atoms with Gasteiger partial charge in [0, 0.05) is 13.0 Å². The quantitative estimate of drug-likeness (QED) is 0.725. The van der Waals surface area contributed by atoms with Gasteiger partial charge in [-0.3, -0.25) is 9.48 Å². The average Bonchev–Trinajstić information content (AvgIpc) is 3.03. The van der Waals surface area contributed by atoms with Crippen molar-refractivity contribution in [2.45, 2.75) is 45.1 Å². The van der Waals surface area contributed by atoms with Crippen LogP contribution in [-0.2, 0) is 6.54 Å². The monoisotopic (exact) mass is 297 g/mol. The Morgan fingerprint density at radius 3 is 2.80 bits per heavy atom. The van der Waals surface area contributed by atoms with Crippen LogP contribution in [0.25, 0.3) is 0 Å². The van der Waals surface area contributed by atoms with Crippen LogP contribution in [0.1, 0.15) is 49.0 Å². The number of carbonyl (C=O) groups excluding carboxylic acids is 1. The van der Waals surface area contributed by atoms with Gasteiger partial charge < -0.3 is 4.90 Å². The van der Waals surface area contributed by atoms with E-state index in [0.29, 0.717) is 23.7 Å². The third-order valence-corrected chi connectivity index (χ3v) is 4.35. The van der Waals surface area contributed by atoms with Crippen LogP contribution in [0.4, 0.5) is 0 Å². The van der Waals surface area contributed by atoms with E-state index in [1.165, 1.54) is 25.7 Å². The third kappa shape index (κ3) is 4.06. The molecular weight excluding hydrogens is 274 g/mol. The number of hydrogen-bond donors (Lipinski definition) is 0. The Morgan fingerprint density at radius 2 is 2.15 bits per heavy atom. The molecule has 0 radical (unpaired) electrons. The Kier molecular flexibility index (Phi) is 5.61. The highest BCUT2D eigenvalue weighted by Crippen LogP contribution is 2.29. The van der Waals surface area contributed by atoms with Gasteiger partial charge in [0.15, 0.2) is 5.78 Å². The summed E-state index contributed by atoms with van der Waals surface area (Å²) in [5, 5.41) is 4.71. The molecule has 1 aromatic rings. The predicted octanol–water partition coefficient (Wildman–Crippen LogP) is 3.25. The van der Waals surface area contributed by atoms with E-state index < -0.39 is 0 Å². The van der Waals surface area contributed by atoms with E-state index in [0.717, 1.165) is 18.9 Å². The van der Waals surface area contributed by atoms with Gasteiger partial charge in [-0.15, -0.1) is 0 Å². The molecule has 0 aromatic carbocycles. The highest BCUT2D eigenvalue weighted by molar-refractivity contribution is 6.33. The molecule has 0 aliphatic heterocycles. The number of rotatable bonds is 7. The van der Waals surface area contributed by atoms with E-state index >= 15 is 0 Å². The number of likely N-dealkylation sites (N-methyl/N-ethyl adjacent to an activating group) is 1. The molecule has 1 aliphatic rings. The lowest BCUT2D eigenvalue weighted by atomic mass is 9.99. The summed E-state index contributed by atoms with van der Waals surface area (Å²) in [5.74, 6) is 0.869. The van der Waals surface area contributed by atoms with Crippen molar-refractivity contribution in [1.82, 2.24) is 14.7 Å². The zero-order valence-electron chi connectivity index (χ0n) is 12.4. The maximum absolute atomic E-state index is 12.4. The summed E-state index contributed by atoms with van der Waals surface area (Å²) in [6.07, 6.45) is 8.37. The highest BCUT2D eigenvalue weighted by Gasteiger charge is 2.20. The van der Waals surface area contributed by atoms with Crippen LogP contribution in [0.2, 0.25) is 5.02 Å². The van der Waals surface area contributed by atoms with E-state index in [-0.39, 0.29) is 5.78 Å². The van der Waals surface area contributed by atoms with Gasteiger partial charge in [-0.05, 0) is 26.4 Å². The topological polar surface area (TPSA) is 38.1 Å². The van der Waals surface area contributed by atoms with E-state index in [1.54, 1.807) is 10.9 Å². The second-order valence-electron chi connectivity index (χ2n) is 5.98. The van der Waals surface area contributed by atoms with Crippen molar-refractivity contribution >= 4 is 17.4 Å². The van der Waals surface area contributed by atoms with Gasteiger partial charge in [0.1, 0.15) is 5.69 Å². The standard InChI is InChI=1S/C15H24ClN3O/c1-18(2)9-10-19-15(13(16)11-17-19)14(20)8-7-12-5-3-4-6-12/h11-12H,3-10H2,1-2H3. The minimum atomic E-state index is 0.137. The fraction of sp³-hybridized carbons (Fsp3) is 0.733. The Bertz CT molecular complexity index is 450. The fourth-order valence-corrected chi connectivity index (χ4v) is 3.10. The van der Waals surface area contributed by atoms with Gasteiger partial charge in [-0.1, -0.05) is 37.3 Å². The van der Waals surface area contributed by atoms with Gasteiger partial charge in [0.05, 0.1) is 17.8 Å². The molecule has 0 saturated heterocycles. The summed E-state index contributed by atoms with van der Waals surface area (Å²) in [5.41, 5.74) is 0.589. The number of hydrogen-bond acceptors (Lipinski definition) is 3. The molecule has 1 saturated carbocycles. The Morgan fingerprint density at radius 1 is 1.45 bits per heavy atom. The zero-order chi connectivity index (χ0) is 14.5. The zero-order valence-corrected chi connectivity index (χ0v) is 13.2. The second kappa shape index (κ2) is 7.23. The lowest BCUT2D eigenvalue weighted by Gasteiger charge is -2.12. The molecule has 1 heterocycles. The summed E-state index contributed by atoms with van der Waals surface area (Å²) >= 11 is 6.13. The van der Waals surface area contributed by atoms with Crippen LogP contribution in [0.3, 0.4) is 0 Å². The van der Waals surface area contributed by atoms with Crippen LogP contribution in [0.5, 0.6) is 0 Å². The number of halogens is 1. The van der Waals surface area contributed by atoms with Crippen molar-refractivity contribution in [2.24, 2.45) is 5.92 Å². The van der Waals surface area contributed by atoms with Crippen molar-refractivity contribution in [2.75, 3.05) is 20.6 Å². The molecule has 0 unspecified atom stereocenters. The molecule has 1 aliphatic carbocycles. The molecular formula is C15H24ClN3O. The molecule has 5 heteroatoms. The second-order valence-corrected chi connectivity index (χ2v) is 6.39. The van der Waals surface area contributed by atoms with E-state index in [4.69, 9.17) is 11.6 Å². The Hall–Kier alpha value is -0.870. The summed E-state index contributed by atoms with van der Waals surface area (Å²) in [4.78, 5) is 14.5. The molecule has 0 N–H and O–H groups in total. The molecule has 0 spiro atoms. The first-order valence-electron chi connectivity index (χ1n) is 7.47. The minimum Gasteiger partial charge on any atom is -0.308 e. The number of Topliss-reactive ketones (excluding diaryl/α,β-unsaturated/α-hetero) is 1. The maximum Gasteiger partial charge on any atom is 0.182 e. The predicted molar refractivity (Wildman–Crippen MR) is 81.3 cm³/mol. The van der Waals surface area contributed by atoms with E-state index in [9.17, 15) is 4.79 Å². The first-order valence-corrected chi connectivity index (χ1v) is 7.85. The van der Waals surface area contributed by atoms with Crippen LogP contribution >= 0.6 is 11.6 Å². The molecule has 2 rings (SSSR count). The lowest BCUT2D eigenvalue weighted by molar-refractivity contribution is 0.0962. The molecule has 1 aromatic heterocycles. The maximum atomic E-state index is 12.4. The van der Waals surface area contributed by atoms with E-state index in [2.05, 4.69) is 10.00 Å². The van der Waals surface area contributed by atoms with Crippen LogP contribution in [0.15, 0.2) is 6.20 Å². The summed E-state index contributed by atoms with van der Waals surface area (Å²) in [6.45, 7) is 1.55. The van der Waals surface area contributed by atoms with Crippen LogP contribution in [0, 0.1) is 5.92 Å². The highest BCUT2D eigenvalue weighted by atomic mass is 35.5. The largest absolute Gasteiger partial charge is 0.308 e. The van der Waals surface area contributed by atoms with Gasteiger partial charge in [0.25, 0.3) is 0 Å². The van der Waals surface area contributed by atoms with Crippen molar-refractivity contribution in [3.63, 3.8) is 0 Å². The molecule has 4 nitrogen and oxygen atoms in total. The molecule has 1 fully saturated rings. The lowest BCUT2D eigenvalue weighted by Crippen LogP contribution is -2.21. The third-order valence-electron chi connectivity index (χ3n) is 4.07. The van der Waals surface area contributed by atoms with Gasteiger partial charge >= 0.3 is 0 Å². The SMILES string of the molecule is CN(C)CCn1ncc(Cl)c1C(=O)CCC1CCCC1. The Labute approximate surface area is 126 Å². The summed E-state index contributed by atoms with van der Waals surface area (Å²) in [7, 11) is 4.01. The van der Waals surface area contributed by atoms with Gasteiger partial charge in [-0.2, -0.15) is 5.10 Å². The first-order chi connectivity index (χ1) is 9.58. The molecule has 0 atom stereocenters. The summed E-state index contributed by atoms with van der Waals surface area (Å²) in [6, 6.07) is 0. The average molecular weight is 298 g/mol. The van der Waals surface area contributed by atoms with Crippen LogP contribution in [-0.4, -0.2) is 41.1 Å². The molecule has 20 heavy (non-hydrogen) atoms. The number of aromatic nitrogens is 2. The van der Waals surface area contributed by atoms with Crippen molar-refractivity contribution in [3.8, 4) is 0 Å².